The molecule has 0 aliphatic heterocycles. The first-order valence-corrected chi connectivity index (χ1v) is 5.52. The first-order valence-electron chi connectivity index (χ1n) is 5.52. The van der Waals surface area contributed by atoms with E-state index in [1.807, 2.05) is 25.7 Å². The zero-order valence-electron chi connectivity index (χ0n) is 10.5. The van der Waals surface area contributed by atoms with Crippen molar-refractivity contribution >= 4 is 0 Å². The average molecular weight is 227 g/mol. The lowest BCUT2D eigenvalue weighted by atomic mass is 10.2. The number of nitrogens with zero attached hydrogens (tertiary/aromatic N) is 3. The zero-order chi connectivity index (χ0) is 12.1. The molecule has 1 rings (SSSR count). The fourth-order valence-corrected chi connectivity index (χ4v) is 1.54. The molecule has 5 nitrogen and oxygen atoms in total. The SMILES string of the molecule is CCC(O)c1c(OC)cnn1CCN(C)C. The quantitative estimate of drug-likeness (QED) is 0.784. The monoisotopic (exact) mass is 227 g/mol. The first kappa shape index (κ1) is 13.0. The summed E-state index contributed by atoms with van der Waals surface area (Å²) in [6.45, 7) is 3.57. The third-order valence-corrected chi connectivity index (χ3v) is 2.53. The van der Waals surface area contributed by atoms with Gasteiger partial charge in [-0.25, -0.2) is 0 Å². The topological polar surface area (TPSA) is 50.5 Å². The molecule has 1 aromatic heterocycles. The Hall–Kier alpha value is -1.07. The van der Waals surface area contributed by atoms with Crippen molar-refractivity contribution in [2.75, 3.05) is 27.7 Å². The molecule has 1 atom stereocenters. The van der Waals surface area contributed by atoms with Gasteiger partial charge < -0.3 is 14.7 Å². The van der Waals surface area contributed by atoms with Gasteiger partial charge in [0.25, 0.3) is 0 Å². The Bertz CT molecular complexity index is 323. The average Bonchev–Trinajstić information content (AvgIpc) is 2.68. The lowest BCUT2D eigenvalue weighted by Gasteiger charge is -2.15. The third kappa shape index (κ3) is 2.96. The highest BCUT2D eigenvalue weighted by Gasteiger charge is 2.18. The zero-order valence-corrected chi connectivity index (χ0v) is 10.5. The summed E-state index contributed by atoms with van der Waals surface area (Å²) in [5, 5.41) is 14.2. The van der Waals surface area contributed by atoms with E-state index < -0.39 is 6.10 Å². The van der Waals surface area contributed by atoms with Gasteiger partial charge in [0.15, 0.2) is 5.75 Å². The summed E-state index contributed by atoms with van der Waals surface area (Å²) < 4.78 is 7.01. The molecule has 1 heterocycles. The summed E-state index contributed by atoms with van der Waals surface area (Å²) in [7, 11) is 5.62. The van der Waals surface area contributed by atoms with Crippen LogP contribution in [-0.4, -0.2) is 47.5 Å². The molecule has 0 aliphatic carbocycles. The molecule has 92 valence electrons. The second-order valence-electron chi connectivity index (χ2n) is 4.05. The number of hydrogen-bond acceptors (Lipinski definition) is 4. The molecule has 0 saturated carbocycles. The number of aromatic nitrogens is 2. The predicted molar refractivity (Wildman–Crippen MR) is 62.6 cm³/mol. The minimum atomic E-state index is -0.514. The number of likely N-dealkylation sites (N-methyl/N-ethyl adjacent to an activating group) is 1. The summed E-state index contributed by atoms with van der Waals surface area (Å²) >= 11 is 0. The maximum atomic E-state index is 9.92. The van der Waals surface area contributed by atoms with Crippen molar-refractivity contribution in [3.05, 3.63) is 11.9 Å². The van der Waals surface area contributed by atoms with Crippen molar-refractivity contribution < 1.29 is 9.84 Å². The summed E-state index contributed by atoms with van der Waals surface area (Å²) in [5.74, 6) is 0.660. The van der Waals surface area contributed by atoms with Gasteiger partial charge in [0.2, 0.25) is 0 Å². The van der Waals surface area contributed by atoms with Crippen molar-refractivity contribution in [1.82, 2.24) is 14.7 Å². The minimum absolute atomic E-state index is 0.514. The number of rotatable bonds is 6. The molecule has 0 aliphatic rings. The van der Waals surface area contributed by atoms with Crippen LogP contribution >= 0.6 is 0 Å². The highest BCUT2D eigenvalue weighted by Crippen LogP contribution is 2.26. The lowest BCUT2D eigenvalue weighted by molar-refractivity contribution is 0.156. The van der Waals surface area contributed by atoms with Crippen LogP contribution in [0.15, 0.2) is 6.20 Å². The van der Waals surface area contributed by atoms with Gasteiger partial charge in [-0.2, -0.15) is 5.10 Å². The molecule has 0 saturated heterocycles. The van der Waals surface area contributed by atoms with Crippen LogP contribution in [0.1, 0.15) is 25.1 Å². The smallest absolute Gasteiger partial charge is 0.162 e. The van der Waals surface area contributed by atoms with Crippen LogP contribution in [0.3, 0.4) is 0 Å². The second kappa shape index (κ2) is 5.86. The molecule has 1 unspecified atom stereocenters. The molecule has 0 spiro atoms. The maximum absolute atomic E-state index is 9.92. The Morgan fingerprint density at radius 1 is 1.56 bits per heavy atom. The lowest BCUT2D eigenvalue weighted by Crippen LogP contribution is -2.21. The highest BCUT2D eigenvalue weighted by molar-refractivity contribution is 5.27. The van der Waals surface area contributed by atoms with Gasteiger partial charge in [0, 0.05) is 6.54 Å². The normalized spacial score (nSPS) is 13.1. The van der Waals surface area contributed by atoms with Crippen LogP contribution in [0.2, 0.25) is 0 Å². The highest BCUT2D eigenvalue weighted by atomic mass is 16.5. The van der Waals surface area contributed by atoms with E-state index in [0.29, 0.717) is 12.2 Å². The van der Waals surface area contributed by atoms with Crippen molar-refractivity contribution in [3.8, 4) is 5.75 Å². The molecular weight excluding hydrogens is 206 g/mol. The van der Waals surface area contributed by atoms with E-state index in [4.69, 9.17) is 4.74 Å². The van der Waals surface area contributed by atoms with Gasteiger partial charge in [-0.15, -0.1) is 0 Å². The van der Waals surface area contributed by atoms with Gasteiger partial charge in [-0.3, -0.25) is 4.68 Å². The Morgan fingerprint density at radius 2 is 2.25 bits per heavy atom. The Balaban J connectivity index is 2.86. The fraction of sp³-hybridized carbons (Fsp3) is 0.727. The van der Waals surface area contributed by atoms with Crippen LogP contribution in [0.25, 0.3) is 0 Å². The molecule has 0 radical (unpaired) electrons. The second-order valence-corrected chi connectivity index (χ2v) is 4.05. The molecule has 0 aromatic carbocycles. The van der Waals surface area contributed by atoms with Crippen molar-refractivity contribution in [3.63, 3.8) is 0 Å². The van der Waals surface area contributed by atoms with Gasteiger partial charge >= 0.3 is 0 Å². The van der Waals surface area contributed by atoms with Crippen molar-refractivity contribution in [2.24, 2.45) is 0 Å². The Morgan fingerprint density at radius 3 is 2.75 bits per heavy atom. The van der Waals surface area contributed by atoms with Crippen molar-refractivity contribution in [1.29, 1.82) is 0 Å². The number of hydrogen-bond donors (Lipinski definition) is 1. The summed E-state index contributed by atoms with van der Waals surface area (Å²) in [4.78, 5) is 2.08. The molecule has 1 aromatic rings. The van der Waals surface area contributed by atoms with Crippen LogP contribution in [0, 0.1) is 0 Å². The van der Waals surface area contributed by atoms with Crippen LogP contribution < -0.4 is 4.74 Å². The Kier molecular flexibility index (Phi) is 4.76. The standard InChI is InChI=1S/C11H21N3O2/c1-5-9(15)11-10(16-4)8-12-14(11)7-6-13(2)3/h8-9,15H,5-7H2,1-4H3. The maximum Gasteiger partial charge on any atom is 0.162 e. The fourth-order valence-electron chi connectivity index (χ4n) is 1.54. The van der Waals surface area contributed by atoms with Crippen molar-refractivity contribution in [2.45, 2.75) is 26.0 Å². The van der Waals surface area contributed by atoms with Crippen LogP contribution in [0.4, 0.5) is 0 Å². The molecular formula is C11H21N3O2. The Labute approximate surface area is 96.6 Å². The summed E-state index contributed by atoms with van der Waals surface area (Å²) in [5.41, 5.74) is 0.770. The number of ether oxygens (including phenoxy) is 1. The molecule has 5 heteroatoms. The predicted octanol–water partition coefficient (Wildman–Crippen LogP) is 0.897. The van der Waals surface area contributed by atoms with E-state index in [0.717, 1.165) is 18.8 Å². The number of aliphatic hydroxyl groups excluding tert-OH is 1. The van der Waals surface area contributed by atoms with E-state index in [1.54, 1.807) is 13.3 Å². The number of aliphatic hydroxyl groups is 1. The summed E-state index contributed by atoms with van der Waals surface area (Å²) in [6.07, 6.45) is 1.80. The molecule has 0 fully saturated rings. The van der Waals surface area contributed by atoms with Crippen LogP contribution in [0.5, 0.6) is 5.75 Å². The largest absolute Gasteiger partial charge is 0.493 e. The van der Waals surface area contributed by atoms with Gasteiger partial charge in [-0.05, 0) is 20.5 Å². The number of methoxy groups -OCH3 is 1. The molecule has 0 amide bonds. The molecule has 16 heavy (non-hydrogen) atoms. The third-order valence-electron chi connectivity index (χ3n) is 2.53. The molecule has 1 N–H and O–H groups in total. The van der Waals surface area contributed by atoms with Gasteiger partial charge in [0.05, 0.1) is 26.0 Å². The first-order chi connectivity index (χ1) is 7.60. The molecule has 0 bridgehead atoms. The summed E-state index contributed by atoms with van der Waals surface area (Å²) in [6, 6.07) is 0. The van der Waals surface area contributed by atoms with Gasteiger partial charge in [-0.1, -0.05) is 6.92 Å². The van der Waals surface area contributed by atoms with E-state index in [9.17, 15) is 5.11 Å². The minimum Gasteiger partial charge on any atom is -0.493 e. The van der Waals surface area contributed by atoms with E-state index in [-0.39, 0.29) is 0 Å². The van der Waals surface area contributed by atoms with Gasteiger partial charge in [0.1, 0.15) is 5.69 Å². The van der Waals surface area contributed by atoms with E-state index in [2.05, 4.69) is 10.00 Å². The van der Waals surface area contributed by atoms with E-state index >= 15 is 0 Å². The van der Waals surface area contributed by atoms with E-state index in [1.165, 1.54) is 0 Å². The van der Waals surface area contributed by atoms with Crippen LogP contribution in [-0.2, 0) is 6.54 Å².